The Labute approximate surface area is 127 Å². The number of nitrogens with one attached hydrogen (secondary N) is 1. The Hall–Kier alpha value is -1.13. The quantitative estimate of drug-likeness (QED) is 0.875. The predicted molar refractivity (Wildman–Crippen MR) is 84.8 cm³/mol. The fraction of sp³-hybridized carbons (Fsp3) is 0.706. The third-order valence-electron chi connectivity index (χ3n) is 4.66. The summed E-state index contributed by atoms with van der Waals surface area (Å²) in [6.07, 6.45) is 6.20. The molecule has 0 amide bonds. The van der Waals surface area contributed by atoms with Crippen LogP contribution in [0.15, 0.2) is 6.20 Å². The van der Waals surface area contributed by atoms with E-state index in [1.165, 1.54) is 0 Å². The Kier molecular flexibility index (Phi) is 5.22. The number of hydrogen-bond acceptors (Lipinski definition) is 4. The highest BCUT2D eigenvalue weighted by atomic mass is 16.5. The van der Waals surface area contributed by atoms with Gasteiger partial charge in [-0.15, -0.1) is 0 Å². The average Bonchev–Trinajstić information content (AvgIpc) is 2.46. The minimum absolute atomic E-state index is 0.553. The van der Waals surface area contributed by atoms with Crippen molar-refractivity contribution in [1.82, 2.24) is 10.3 Å². The van der Waals surface area contributed by atoms with E-state index in [2.05, 4.69) is 17.2 Å². The van der Waals surface area contributed by atoms with Crippen molar-refractivity contribution in [2.24, 2.45) is 0 Å². The van der Waals surface area contributed by atoms with E-state index in [1.54, 1.807) is 7.11 Å². The molecule has 0 aromatic carbocycles. The van der Waals surface area contributed by atoms with E-state index < -0.39 is 5.60 Å². The van der Waals surface area contributed by atoms with Crippen LogP contribution in [0.25, 0.3) is 0 Å². The Balaban J connectivity index is 2.08. The SMILES string of the molecule is CCNC1CCC(O)(Cc2ncc(C)c(OC)c2C)CC1. The second kappa shape index (κ2) is 6.75. The number of nitrogens with zero attached hydrogens (tertiary/aromatic N) is 1. The van der Waals surface area contributed by atoms with Crippen LogP contribution in [0.2, 0.25) is 0 Å². The smallest absolute Gasteiger partial charge is 0.128 e. The first-order chi connectivity index (χ1) is 9.99. The topological polar surface area (TPSA) is 54.4 Å². The van der Waals surface area contributed by atoms with Crippen LogP contribution in [0.3, 0.4) is 0 Å². The van der Waals surface area contributed by atoms with Gasteiger partial charge in [-0.3, -0.25) is 4.98 Å². The highest BCUT2D eigenvalue weighted by Crippen LogP contribution is 2.33. The van der Waals surface area contributed by atoms with Gasteiger partial charge in [-0.2, -0.15) is 0 Å². The Bertz CT molecular complexity index is 480. The summed E-state index contributed by atoms with van der Waals surface area (Å²) in [4.78, 5) is 4.53. The fourth-order valence-electron chi connectivity index (χ4n) is 3.39. The zero-order chi connectivity index (χ0) is 15.5. The standard InChI is InChI=1S/C17H28N2O2/c1-5-18-14-6-8-17(20,9-7-14)10-15-13(3)16(21-4)12(2)11-19-15/h11,14,18,20H,5-10H2,1-4H3. The van der Waals surface area contributed by atoms with Crippen LogP contribution in [-0.4, -0.2) is 35.4 Å². The lowest BCUT2D eigenvalue weighted by Crippen LogP contribution is -2.42. The fourth-order valence-corrected chi connectivity index (χ4v) is 3.39. The highest BCUT2D eigenvalue weighted by Gasteiger charge is 2.34. The van der Waals surface area contributed by atoms with Gasteiger partial charge in [0.05, 0.1) is 12.7 Å². The van der Waals surface area contributed by atoms with Gasteiger partial charge in [-0.05, 0) is 46.1 Å². The second-order valence-corrected chi connectivity index (χ2v) is 6.28. The number of methoxy groups -OCH3 is 1. The van der Waals surface area contributed by atoms with Gasteiger partial charge in [-0.25, -0.2) is 0 Å². The summed E-state index contributed by atoms with van der Waals surface area (Å²) in [6, 6.07) is 0.553. The lowest BCUT2D eigenvalue weighted by molar-refractivity contribution is -0.00390. The maximum atomic E-state index is 10.9. The lowest BCUT2D eigenvalue weighted by Gasteiger charge is -2.36. The molecular formula is C17H28N2O2. The number of aromatic nitrogens is 1. The molecule has 4 nitrogen and oxygen atoms in total. The molecule has 0 aliphatic heterocycles. The molecule has 1 fully saturated rings. The van der Waals surface area contributed by atoms with E-state index in [4.69, 9.17) is 4.74 Å². The number of aliphatic hydroxyl groups is 1. The molecule has 1 aromatic rings. The summed E-state index contributed by atoms with van der Waals surface area (Å²) in [7, 11) is 1.69. The lowest BCUT2D eigenvalue weighted by atomic mass is 9.79. The third kappa shape index (κ3) is 3.74. The van der Waals surface area contributed by atoms with Crippen molar-refractivity contribution < 1.29 is 9.84 Å². The molecular weight excluding hydrogens is 264 g/mol. The molecule has 1 heterocycles. The summed E-state index contributed by atoms with van der Waals surface area (Å²) in [6.45, 7) is 7.16. The summed E-state index contributed by atoms with van der Waals surface area (Å²) >= 11 is 0. The van der Waals surface area contributed by atoms with Gasteiger partial charge in [0.1, 0.15) is 5.75 Å². The van der Waals surface area contributed by atoms with Crippen LogP contribution >= 0.6 is 0 Å². The van der Waals surface area contributed by atoms with E-state index >= 15 is 0 Å². The molecule has 0 radical (unpaired) electrons. The minimum atomic E-state index is -0.621. The number of hydrogen-bond donors (Lipinski definition) is 2. The van der Waals surface area contributed by atoms with Crippen LogP contribution < -0.4 is 10.1 Å². The molecule has 118 valence electrons. The van der Waals surface area contributed by atoms with Gasteiger partial charge in [0.2, 0.25) is 0 Å². The first-order valence-corrected chi connectivity index (χ1v) is 7.94. The Morgan fingerprint density at radius 3 is 2.62 bits per heavy atom. The summed E-state index contributed by atoms with van der Waals surface area (Å²) in [5, 5.41) is 14.3. The second-order valence-electron chi connectivity index (χ2n) is 6.28. The van der Waals surface area contributed by atoms with Crippen LogP contribution in [-0.2, 0) is 6.42 Å². The van der Waals surface area contributed by atoms with Crippen LogP contribution in [0.1, 0.15) is 49.4 Å². The van der Waals surface area contributed by atoms with Crippen LogP contribution in [0.4, 0.5) is 0 Å². The number of rotatable bonds is 5. The van der Waals surface area contributed by atoms with E-state index in [0.717, 1.165) is 54.8 Å². The van der Waals surface area contributed by atoms with Crippen molar-refractivity contribution in [2.75, 3.05) is 13.7 Å². The van der Waals surface area contributed by atoms with Crippen LogP contribution in [0.5, 0.6) is 5.75 Å². The molecule has 0 unspecified atom stereocenters. The van der Waals surface area contributed by atoms with E-state index in [9.17, 15) is 5.11 Å². The zero-order valence-corrected chi connectivity index (χ0v) is 13.7. The molecule has 21 heavy (non-hydrogen) atoms. The average molecular weight is 292 g/mol. The van der Waals surface area contributed by atoms with Crippen molar-refractivity contribution in [3.63, 3.8) is 0 Å². The van der Waals surface area contributed by atoms with Crippen molar-refractivity contribution in [3.8, 4) is 5.75 Å². The van der Waals surface area contributed by atoms with E-state index in [0.29, 0.717) is 12.5 Å². The molecule has 0 saturated heterocycles. The summed E-state index contributed by atoms with van der Waals surface area (Å²) in [5.74, 6) is 0.893. The Morgan fingerprint density at radius 1 is 1.38 bits per heavy atom. The van der Waals surface area contributed by atoms with Crippen molar-refractivity contribution in [2.45, 2.75) is 64.5 Å². The number of pyridine rings is 1. The van der Waals surface area contributed by atoms with Gasteiger partial charge < -0.3 is 15.2 Å². The first-order valence-electron chi connectivity index (χ1n) is 7.94. The van der Waals surface area contributed by atoms with Gasteiger partial charge >= 0.3 is 0 Å². The molecule has 0 bridgehead atoms. The van der Waals surface area contributed by atoms with E-state index in [-0.39, 0.29) is 0 Å². The monoisotopic (exact) mass is 292 g/mol. The number of aryl methyl sites for hydroxylation is 1. The molecule has 1 saturated carbocycles. The van der Waals surface area contributed by atoms with Gasteiger partial charge in [-0.1, -0.05) is 6.92 Å². The summed E-state index contributed by atoms with van der Waals surface area (Å²) < 4.78 is 5.46. The largest absolute Gasteiger partial charge is 0.496 e. The van der Waals surface area contributed by atoms with Gasteiger partial charge in [0, 0.05) is 35.5 Å². The molecule has 0 spiro atoms. The molecule has 0 atom stereocenters. The molecule has 2 rings (SSSR count). The third-order valence-corrected chi connectivity index (χ3v) is 4.66. The minimum Gasteiger partial charge on any atom is -0.496 e. The van der Waals surface area contributed by atoms with Gasteiger partial charge in [0.15, 0.2) is 0 Å². The maximum Gasteiger partial charge on any atom is 0.128 e. The highest BCUT2D eigenvalue weighted by molar-refractivity contribution is 5.41. The molecule has 1 aliphatic carbocycles. The number of ether oxygens (including phenoxy) is 1. The zero-order valence-electron chi connectivity index (χ0n) is 13.7. The Morgan fingerprint density at radius 2 is 2.05 bits per heavy atom. The maximum absolute atomic E-state index is 10.9. The molecule has 1 aliphatic rings. The van der Waals surface area contributed by atoms with Crippen LogP contribution in [0, 0.1) is 13.8 Å². The normalized spacial score (nSPS) is 25.9. The van der Waals surface area contributed by atoms with Crippen molar-refractivity contribution in [3.05, 3.63) is 23.0 Å². The first kappa shape index (κ1) is 16.2. The van der Waals surface area contributed by atoms with E-state index in [1.807, 2.05) is 20.0 Å². The summed E-state index contributed by atoms with van der Waals surface area (Å²) in [5.41, 5.74) is 2.44. The van der Waals surface area contributed by atoms with Crippen molar-refractivity contribution in [1.29, 1.82) is 0 Å². The molecule has 2 N–H and O–H groups in total. The predicted octanol–water partition coefficient (Wildman–Crippen LogP) is 2.53. The molecule has 4 heteroatoms. The molecule has 1 aromatic heterocycles. The van der Waals surface area contributed by atoms with Gasteiger partial charge in [0.25, 0.3) is 0 Å². The van der Waals surface area contributed by atoms with Crippen molar-refractivity contribution >= 4 is 0 Å².